The lowest BCUT2D eigenvalue weighted by Gasteiger charge is -2.13. The van der Waals surface area contributed by atoms with Gasteiger partial charge in [0.15, 0.2) is 5.11 Å². The van der Waals surface area contributed by atoms with Crippen molar-refractivity contribution < 1.29 is 19.0 Å². The largest absolute Gasteiger partial charge is 0.490 e. The third-order valence-electron chi connectivity index (χ3n) is 4.24. The highest BCUT2D eigenvalue weighted by atomic mass is 32.1. The number of carbonyl (C=O) groups is 1. The van der Waals surface area contributed by atoms with Crippen LogP contribution in [0, 0.1) is 0 Å². The summed E-state index contributed by atoms with van der Waals surface area (Å²) in [5.74, 6) is 0.804. The summed E-state index contributed by atoms with van der Waals surface area (Å²) in [7, 11) is 1.59. The van der Waals surface area contributed by atoms with Crippen LogP contribution in [0.1, 0.15) is 15.9 Å². The maximum absolute atomic E-state index is 12.7. The molecular formula is C24H24N2O4S. The number of carbonyl (C=O) groups excluding carboxylic acids is 1. The van der Waals surface area contributed by atoms with Crippen LogP contribution >= 0.6 is 12.2 Å². The molecule has 1 amide bonds. The number of hydrogen-bond acceptors (Lipinski definition) is 5. The Morgan fingerprint density at radius 2 is 1.68 bits per heavy atom. The molecule has 31 heavy (non-hydrogen) atoms. The first kappa shape index (κ1) is 22.3. The van der Waals surface area contributed by atoms with Crippen molar-refractivity contribution in [3.8, 4) is 11.5 Å². The monoisotopic (exact) mass is 436 g/mol. The van der Waals surface area contributed by atoms with E-state index in [0.717, 1.165) is 5.56 Å². The van der Waals surface area contributed by atoms with Crippen molar-refractivity contribution in [1.82, 2.24) is 5.32 Å². The number of anilines is 1. The molecule has 7 heteroatoms. The van der Waals surface area contributed by atoms with Crippen molar-refractivity contribution in [1.29, 1.82) is 0 Å². The van der Waals surface area contributed by atoms with Crippen LogP contribution < -0.4 is 20.1 Å². The van der Waals surface area contributed by atoms with E-state index in [1.165, 1.54) is 0 Å². The minimum absolute atomic E-state index is 0.178. The van der Waals surface area contributed by atoms with Gasteiger partial charge >= 0.3 is 0 Å². The van der Waals surface area contributed by atoms with Crippen LogP contribution in [0.2, 0.25) is 0 Å². The molecule has 0 bridgehead atoms. The zero-order valence-corrected chi connectivity index (χ0v) is 18.0. The summed E-state index contributed by atoms with van der Waals surface area (Å²) in [5.41, 5.74) is 2.18. The first-order valence-corrected chi connectivity index (χ1v) is 10.2. The number of amides is 1. The summed E-state index contributed by atoms with van der Waals surface area (Å²) in [5, 5.41) is 5.87. The van der Waals surface area contributed by atoms with Crippen LogP contribution in [0.5, 0.6) is 11.5 Å². The van der Waals surface area contributed by atoms with Gasteiger partial charge in [0.2, 0.25) is 0 Å². The molecule has 0 radical (unpaired) electrons. The zero-order chi connectivity index (χ0) is 21.9. The van der Waals surface area contributed by atoms with Gasteiger partial charge in [-0.05, 0) is 42.0 Å². The Hall–Kier alpha value is -3.42. The van der Waals surface area contributed by atoms with Crippen molar-refractivity contribution >= 4 is 28.9 Å². The second-order valence-corrected chi connectivity index (χ2v) is 6.96. The van der Waals surface area contributed by atoms with E-state index in [-0.39, 0.29) is 11.0 Å². The van der Waals surface area contributed by atoms with Crippen molar-refractivity contribution in [3.63, 3.8) is 0 Å². The predicted molar refractivity (Wildman–Crippen MR) is 125 cm³/mol. The van der Waals surface area contributed by atoms with Crippen LogP contribution in [-0.2, 0) is 11.3 Å². The van der Waals surface area contributed by atoms with E-state index in [9.17, 15) is 4.79 Å². The van der Waals surface area contributed by atoms with Gasteiger partial charge in [0.05, 0.1) is 12.2 Å². The van der Waals surface area contributed by atoms with E-state index in [1.54, 1.807) is 31.4 Å². The Bertz CT molecular complexity index is 1010. The zero-order valence-electron chi connectivity index (χ0n) is 17.2. The molecule has 0 atom stereocenters. The molecule has 0 saturated heterocycles. The number of para-hydroxylation sites is 1. The first-order chi connectivity index (χ1) is 15.2. The minimum atomic E-state index is -0.359. The molecule has 0 fully saturated rings. The van der Waals surface area contributed by atoms with Crippen molar-refractivity contribution in [2.45, 2.75) is 6.61 Å². The summed E-state index contributed by atoms with van der Waals surface area (Å²) in [6, 6.07) is 24.3. The summed E-state index contributed by atoms with van der Waals surface area (Å²) >= 11 is 5.30. The average Bonchev–Trinajstić information content (AvgIpc) is 2.79. The van der Waals surface area contributed by atoms with Crippen LogP contribution in [0.3, 0.4) is 0 Å². The molecule has 0 heterocycles. The molecule has 3 rings (SSSR count). The molecule has 6 nitrogen and oxygen atoms in total. The third kappa shape index (κ3) is 7.09. The van der Waals surface area contributed by atoms with Crippen LogP contribution in [-0.4, -0.2) is 31.3 Å². The van der Waals surface area contributed by atoms with Gasteiger partial charge in [0, 0.05) is 18.9 Å². The number of rotatable bonds is 9. The lowest BCUT2D eigenvalue weighted by Crippen LogP contribution is -2.34. The van der Waals surface area contributed by atoms with E-state index < -0.39 is 0 Å². The van der Waals surface area contributed by atoms with Gasteiger partial charge in [-0.15, -0.1) is 0 Å². The van der Waals surface area contributed by atoms with Crippen molar-refractivity contribution in [3.05, 3.63) is 90.0 Å². The van der Waals surface area contributed by atoms with Crippen LogP contribution in [0.4, 0.5) is 5.69 Å². The number of hydrogen-bond donors (Lipinski definition) is 2. The Balaban J connectivity index is 1.56. The molecule has 3 aromatic rings. The molecule has 0 aliphatic rings. The van der Waals surface area contributed by atoms with E-state index in [2.05, 4.69) is 10.6 Å². The smallest absolute Gasteiger partial charge is 0.261 e. The molecule has 0 saturated carbocycles. The van der Waals surface area contributed by atoms with Crippen LogP contribution in [0.15, 0.2) is 78.9 Å². The molecule has 0 aromatic heterocycles. The summed E-state index contributed by atoms with van der Waals surface area (Å²) in [4.78, 5) is 12.7. The molecule has 2 N–H and O–H groups in total. The van der Waals surface area contributed by atoms with Gasteiger partial charge in [-0.25, -0.2) is 0 Å². The van der Waals surface area contributed by atoms with Gasteiger partial charge in [-0.3, -0.25) is 10.1 Å². The fraction of sp³-hybridized carbons (Fsp3) is 0.167. The number of benzene rings is 3. The highest BCUT2D eigenvalue weighted by molar-refractivity contribution is 7.80. The quantitative estimate of drug-likeness (QED) is 0.382. The Labute approximate surface area is 187 Å². The second kappa shape index (κ2) is 11.7. The Morgan fingerprint density at radius 3 is 2.48 bits per heavy atom. The molecule has 0 unspecified atom stereocenters. The van der Waals surface area contributed by atoms with Gasteiger partial charge in [-0.1, -0.05) is 48.5 Å². The number of nitrogens with one attached hydrogen (secondary N) is 2. The minimum Gasteiger partial charge on any atom is -0.490 e. The average molecular weight is 437 g/mol. The number of methoxy groups -OCH3 is 1. The fourth-order valence-corrected chi connectivity index (χ4v) is 2.96. The van der Waals surface area contributed by atoms with Gasteiger partial charge in [0.1, 0.15) is 24.7 Å². The molecule has 160 valence electrons. The van der Waals surface area contributed by atoms with Gasteiger partial charge in [-0.2, -0.15) is 0 Å². The summed E-state index contributed by atoms with van der Waals surface area (Å²) < 4.78 is 16.4. The highest BCUT2D eigenvalue weighted by Gasteiger charge is 2.13. The standard InChI is InChI=1S/C24H24N2O4S/c1-28-14-15-29-22-13-6-5-12-21(22)23(27)26-24(31)25-19-10-7-11-20(16-19)30-17-18-8-3-2-4-9-18/h2-13,16H,14-15,17H2,1H3,(H2,25,26,27,31). The molecule has 0 aliphatic carbocycles. The van der Waals surface area contributed by atoms with Crippen LogP contribution in [0.25, 0.3) is 0 Å². The second-order valence-electron chi connectivity index (χ2n) is 6.55. The van der Waals surface area contributed by atoms with Gasteiger partial charge in [0.25, 0.3) is 5.91 Å². The fourth-order valence-electron chi connectivity index (χ4n) is 2.75. The van der Waals surface area contributed by atoms with E-state index in [1.807, 2.05) is 54.6 Å². The number of ether oxygens (including phenoxy) is 3. The van der Waals surface area contributed by atoms with Crippen molar-refractivity contribution in [2.75, 3.05) is 25.6 Å². The lowest BCUT2D eigenvalue weighted by molar-refractivity contribution is 0.0970. The molecule has 3 aromatic carbocycles. The topological polar surface area (TPSA) is 68.8 Å². The first-order valence-electron chi connectivity index (χ1n) is 9.75. The normalized spacial score (nSPS) is 10.2. The number of thiocarbonyl (C=S) groups is 1. The Kier molecular flexibility index (Phi) is 8.39. The summed E-state index contributed by atoms with van der Waals surface area (Å²) in [6.07, 6.45) is 0. The predicted octanol–water partition coefficient (Wildman–Crippen LogP) is 4.42. The van der Waals surface area contributed by atoms with Gasteiger partial charge < -0.3 is 19.5 Å². The highest BCUT2D eigenvalue weighted by Crippen LogP contribution is 2.20. The van der Waals surface area contributed by atoms with E-state index in [0.29, 0.717) is 42.6 Å². The summed E-state index contributed by atoms with van der Waals surface area (Å²) in [6.45, 7) is 1.24. The van der Waals surface area contributed by atoms with Crippen molar-refractivity contribution in [2.24, 2.45) is 0 Å². The maximum Gasteiger partial charge on any atom is 0.261 e. The van der Waals surface area contributed by atoms with E-state index >= 15 is 0 Å². The maximum atomic E-state index is 12.7. The molecular weight excluding hydrogens is 412 g/mol. The lowest BCUT2D eigenvalue weighted by atomic mass is 10.2. The molecule has 0 spiro atoms. The Morgan fingerprint density at radius 1 is 0.903 bits per heavy atom. The molecule has 0 aliphatic heterocycles. The SMILES string of the molecule is COCCOc1ccccc1C(=O)NC(=S)Nc1cccc(OCc2ccccc2)c1. The van der Waals surface area contributed by atoms with E-state index in [4.69, 9.17) is 26.4 Å². The third-order valence-corrected chi connectivity index (χ3v) is 4.45.